The van der Waals surface area contributed by atoms with Crippen molar-refractivity contribution in [2.24, 2.45) is 0 Å². The maximum Gasteiger partial charge on any atom is 0.328 e. The van der Waals surface area contributed by atoms with Gasteiger partial charge in [0.2, 0.25) is 0 Å². The minimum absolute atomic E-state index is 0.123. The predicted molar refractivity (Wildman–Crippen MR) is 64.6 cm³/mol. The van der Waals surface area contributed by atoms with Crippen LogP contribution in [-0.2, 0) is 13.1 Å². The van der Waals surface area contributed by atoms with Crippen molar-refractivity contribution in [3.05, 3.63) is 22.9 Å². The van der Waals surface area contributed by atoms with Crippen LogP contribution in [0.25, 0.3) is 0 Å². The van der Waals surface area contributed by atoms with Crippen LogP contribution >= 0.6 is 0 Å². The fourth-order valence-electron chi connectivity index (χ4n) is 2.33. The normalized spacial score (nSPS) is 21.2. The van der Waals surface area contributed by atoms with Crippen LogP contribution < -0.4 is 11.0 Å². The summed E-state index contributed by atoms with van der Waals surface area (Å²) < 4.78 is 3.56. The van der Waals surface area contributed by atoms with Gasteiger partial charge in [-0.3, -0.25) is 9.13 Å². The second-order valence-corrected chi connectivity index (χ2v) is 4.50. The van der Waals surface area contributed by atoms with E-state index in [1.807, 2.05) is 23.9 Å². The highest BCUT2D eigenvalue weighted by Crippen LogP contribution is 2.10. The fourth-order valence-corrected chi connectivity index (χ4v) is 2.33. The molecule has 2 heterocycles. The van der Waals surface area contributed by atoms with Crippen molar-refractivity contribution >= 4 is 0 Å². The van der Waals surface area contributed by atoms with Crippen molar-refractivity contribution < 1.29 is 0 Å². The second-order valence-electron chi connectivity index (χ2n) is 4.50. The average Bonchev–Trinajstić information content (AvgIpc) is 2.69. The van der Waals surface area contributed by atoms with Crippen LogP contribution in [0.5, 0.6) is 0 Å². The van der Waals surface area contributed by atoms with Crippen LogP contribution in [0.1, 0.15) is 32.6 Å². The van der Waals surface area contributed by atoms with E-state index in [4.69, 9.17) is 0 Å². The van der Waals surface area contributed by atoms with Crippen LogP contribution in [0, 0.1) is 0 Å². The number of aryl methyl sites for hydroxylation is 2. The van der Waals surface area contributed by atoms with Crippen molar-refractivity contribution in [3.8, 4) is 0 Å². The van der Waals surface area contributed by atoms with E-state index in [0.29, 0.717) is 6.04 Å². The van der Waals surface area contributed by atoms with Gasteiger partial charge in [-0.25, -0.2) is 4.79 Å². The molecule has 0 amide bonds. The molecule has 0 radical (unpaired) electrons. The van der Waals surface area contributed by atoms with Crippen LogP contribution in [0.15, 0.2) is 17.2 Å². The Kier molecular flexibility index (Phi) is 3.83. The first-order valence-corrected chi connectivity index (χ1v) is 6.30. The molecular formula is C12H21N3O. The number of aromatic nitrogens is 2. The van der Waals surface area contributed by atoms with Gasteiger partial charge in [0.1, 0.15) is 0 Å². The Labute approximate surface area is 96.3 Å². The van der Waals surface area contributed by atoms with E-state index in [9.17, 15) is 4.79 Å². The number of imidazole rings is 1. The number of rotatable bonds is 4. The summed E-state index contributed by atoms with van der Waals surface area (Å²) in [4.78, 5) is 11.8. The molecule has 1 aromatic rings. The summed E-state index contributed by atoms with van der Waals surface area (Å²) in [7, 11) is 0. The number of nitrogens with one attached hydrogen (secondary N) is 1. The molecule has 2 rings (SSSR count). The van der Waals surface area contributed by atoms with E-state index in [1.54, 1.807) is 4.57 Å². The maximum atomic E-state index is 11.8. The molecule has 0 aliphatic carbocycles. The molecule has 4 nitrogen and oxygen atoms in total. The first kappa shape index (κ1) is 11.5. The lowest BCUT2D eigenvalue weighted by atomic mass is 10.0. The highest BCUT2D eigenvalue weighted by molar-refractivity contribution is 4.82. The van der Waals surface area contributed by atoms with Gasteiger partial charge in [-0.1, -0.05) is 6.42 Å². The van der Waals surface area contributed by atoms with E-state index in [2.05, 4.69) is 5.32 Å². The smallest absolute Gasteiger partial charge is 0.314 e. The standard InChI is InChI=1S/C12H21N3O/c1-2-14-9-10-15(12(14)16)8-6-11-5-3-4-7-13-11/h9-11,13H,2-8H2,1H3. The summed E-state index contributed by atoms with van der Waals surface area (Å²) in [5.74, 6) is 0. The van der Waals surface area contributed by atoms with Crippen LogP contribution in [0.3, 0.4) is 0 Å². The molecule has 1 aliphatic heterocycles. The topological polar surface area (TPSA) is 39.0 Å². The Bertz CT molecular complexity index is 374. The maximum absolute atomic E-state index is 11.8. The van der Waals surface area contributed by atoms with Gasteiger partial charge >= 0.3 is 5.69 Å². The molecule has 1 saturated heterocycles. The largest absolute Gasteiger partial charge is 0.328 e. The molecule has 1 unspecified atom stereocenters. The summed E-state index contributed by atoms with van der Waals surface area (Å²) in [6.45, 7) is 4.72. The molecule has 4 heteroatoms. The van der Waals surface area contributed by atoms with E-state index < -0.39 is 0 Å². The SMILES string of the molecule is CCn1ccn(CCC2CCCCN2)c1=O. The van der Waals surface area contributed by atoms with Crippen molar-refractivity contribution in [3.63, 3.8) is 0 Å². The minimum atomic E-state index is 0.123. The Hall–Kier alpha value is -1.03. The average molecular weight is 223 g/mol. The third-order valence-electron chi connectivity index (χ3n) is 3.39. The number of piperidine rings is 1. The fraction of sp³-hybridized carbons (Fsp3) is 0.750. The highest BCUT2D eigenvalue weighted by Gasteiger charge is 2.12. The van der Waals surface area contributed by atoms with Crippen molar-refractivity contribution in [2.75, 3.05) is 6.54 Å². The lowest BCUT2D eigenvalue weighted by Crippen LogP contribution is -2.35. The van der Waals surface area contributed by atoms with E-state index >= 15 is 0 Å². The van der Waals surface area contributed by atoms with Crippen LogP contribution in [-0.4, -0.2) is 21.7 Å². The van der Waals surface area contributed by atoms with Gasteiger partial charge in [-0.2, -0.15) is 0 Å². The van der Waals surface area contributed by atoms with Crippen molar-refractivity contribution in [2.45, 2.75) is 51.7 Å². The lowest BCUT2D eigenvalue weighted by Gasteiger charge is -2.23. The van der Waals surface area contributed by atoms with Gasteiger partial charge < -0.3 is 5.32 Å². The summed E-state index contributed by atoms with van der Waals surface area (Å²) in [5.41, 5.74) is 0.123. The Morgan fingerprint density at radius 3 is 2.81 bits per heavy atom. The monoisotopic (exact) mass is 223 g/mol. The van der Waals surface area contributed by atoms with E-state index in [0.717, 1.165) is 26.1 Å². The first-order valence-electron chi connectivity index (χ1n) is 6.30. The zero-order valence-corrected chi connectivity index (χ0v) is 9.98. The molecule has 0 spiro atoms. The van der Waals surface area contributed by atoms with Gasteiger partial charge in [0.25, 0.3) is 0 Å². The zero-order chi connectivity index (χ0) is 11.4. The first-order chi connectivity index (χ1) is 7.81. The molecule has 1 atom stereocenters. The zero-order valence-electron chi connectivity index (χ0n) is 9.98. The second kappa shape index (κ2) is 5.34. The van der Waals surface area contributed by atoms with Gasteiger partial charge in [0, 0.05) is 31.5 Å². The highest BCUT2D eigenvalue weighted by atomic mass is 16.1. The van der Waals surface area contributed by atoms with E-state index in [-0.39, 0.29) is 5.69 Å². The molecule has 0 saturated carbocycles. The third kappa shape index (κ3) is 2.55. The van der Waals surface area contributed by atoms with Crippen molar-refractivity contribution in [1.82, 2.24) is 14.5 Å². The molecule has 0 aromatic carbocycles. The molecular weight excluding hydrogens is 202 g/mol. The molecule has 1 aliphatic rings. The van der Waals surface area contributed by atoms with Gasteiger partial charge in [-0.15, -0.1) is 0 Å². The summed E-state index contributed by atoms with van der Waals surface area (Å²) in [6.07, 6.45) is 8.70. The summed E-state index contributed by atoms with van der Waals surface area (Å²) in [6, 6.07) is 0.602. The number of hydrogen-bond donors (Lipinski definition) is 1. The summed E-state index contributed by atoms with van der Waals surface area (Å²) in [5, 5.41) is 3.51. The summed E-state index contributed by atoms with van der Waals surface area (Å²) >= 11 is 0. The van der Waals surface area contributed by atoms with E-state index in [1.165, 1.54) is 19.3 Å². The number of hydrogen-bond acceptors (Lipinski definition) is 2. The molecule has 0 bridgehead atoms. The lowest BCUT2D eigenvalue weighted by molar-refractivity contribution is 0.364. The number of nitrogens with zero attached hydrogens (tertiary/aromatic N) is 2. The van der Waals surface area contributed by atoms with Crippen LogP contribution in [0.2, 0.25) is 0 Å². The van der Waals surface area contributed by atoms with Crippen molar-refractivity contribution in [1.29, 1.82) is 0 Å². The van der Waals surface area contributed by atoms with Gasteiger partial charge in [0.05, 0.1) is 0 Å². The Morgan fingerprint density at radius 1 is 1.38 bits per heavy atom. The van der Waals surface area contributed by atoms with Crippen LogP contribution in [0.4, 0.5) is 0 Å². The molecule has 1 aromatic heterocycles. The molecule has 1 N–H and O–H groups in total. The Morgan fingerprint density at radius 2 is 2.19 bits per heavy atom. The Balaban J connectivity index is 1.88. The van der Waals surface area contributed by atoms with Gasteiger partial charge in [0.15, 0.2) is 0 Å². The van der Waals surface area contributed by atoms with Gasteiger partial charge in [-0.05, 0) is 32.7 Å². The molecule has 1 fully saturated rings. The predicted octanol–water partition coefficient (Wildman–Crippen LogP) is 1.20. The molecule has 16 heavy (non-hydrogen) atoms. The third-order valence-corrected chi connectivity index (χ3v) is 3.39. The minimum Gasteiger partial charge on any atom is -0.314 e. The molecule has 90 valence electrons. The quantitative estimate of drug-likeness (QED) is 0.833.